The third kappa shape index (κ3) is 3.75. The predicted octanol–water partition coefficient (Wildman–Crippen LogP) is 3.46. The molecule has 1 aromatic carbocycles. The van der Waals surface area contributed by atoms with E-state index < -0.39 is 5.92 Å². The zero-order chi connectivity index (χ0) is 13.5. The van der Waals surface area contributed by atoms with E-state index in [1.807, 2.05) is 38.1 Å². The molecule has 18 heavy (non-hydrogen) atoms. The topological polar surface area (TPSA) is 52.9 Å². The lowest BCUT2D eigenvalue weighted by Gasteiger charge is -2.17. The first kappa shape index (κ1) is 14.5. The van der Waals surface area contributed by atoms with Gasteiger partial charge in [0.1, 0.15) is 5.92 Å². The first-order chi connectivity index (χ1) is 8.60. The summed E-state index contributed by atoms with van der Waals surface area (Å²) in [7, 11) is 0. The van der Waals surface area contributed by atoms with Crippen LogP contribution in [0.3, 0.4) is 0 Å². The Morgan fingerprint density at radius 3 is 2.72 bits per heavy atom. The number of nitriles is 1. The van der Waals surface area contributed by atoms with Crippen molar-refractivity contribution in [1.29, 1.82) is 5.26 Å². The van der Waals surface area contributed by atoms with Crippen LogP contribution in [0.1, 0.15) is 38.3 Å². The molecule has 3 nitrogen and oxygen atoms in total. The maximum atomic E-state index is 11.9. The lowest BCUT2D eigenvalue weighted by molar-refractivity contribution is -0.124. The Morgan fingerprint density at radius 2 is 2.17 bits per heavy atom. The van der Waals surface area contributed by atoms with Crippen LogP contribution < -0.4 is 5.32 Å². The Kier molecular flexibility index (Phi) is 5.67. The van der Waals surface area contributed by atoms with Gasteiger partial charge in [-0.05, 0) is 25.0 Å². The van der Waals surface area contributed by atoms with Gasteiger partial charge in [-0.1, -0.05) is 43.1 Å². The van der Waals surface area contributed by atoms with Crippen molar-refractivity contribution in [3.63, 3.8) is 0 Å². The molecule has 2 atom stereocenters. The van der Waals surface area contributed by atoms with Gasteiger partial charge in [-0.25, -0.2) is 0 Å². The minimum absolute atomic E-state index is 0.195. The molecule has 0 saturated carbocycles. The number of hydrogen-bond acceptors (Lipinski definition) is 2. The van der Waals surface area contributed by atoms with Crippen molar-refractivity contribution in [1.82, 2.24) is 5.32 Å². The number of nitrogens with one attached hydrogen (secondary N) is 1. The standard InChI is InChI=1S/C14H17ClN2O/c1-3-6-11(9-16)14(18)17-10(2)12-7-4-5-8-13(12)15/h4-5,7-8,10-11H,3,6H2,1-2H3,(H,17,18). The Labute approximate surface area is 113 Å². The number of benzene rings is 1. The van der Waals surface area contributed by atoms with Gasteiger partial charge >= 0.3 is 0 Å². The van der Waals surface area contributed by atoms with E-state index in [-0.39, 0.29) is 11.9 Å². The number of nitrogens with zero attached hydrogens (tertiary/aromatic N) is 1. The maximum absolute atomic E-state index is 11.9. The first-order valence-corrected chi connectivity index (χ1v) is 6.42. The molecule has 96 valence electrons. The van der Waals surface area contributed by atoms with Gasteiger partial charge in [-0.3, -0.25) is 4.79 Å². The SMILES string of the molecule is CCCC(C#N)C(=O)NC(C)c1ccccc1Cl. The van der Waals surface area contributed by atoms with Gasteiger partial charge in [0, 0.05) is 5.02 Å². The van der Waals surface area contributed by atoms with Gasteiger partial charge in [0.2, 0.25) is 5.91 Å². The zero-order valence-electron chi connectivity index (χ0n) is 10.6. The summed E-state index contributed by atoms with van der Waals surface area (Å²) in [6.07, 6.45) is 1.39. The fourth-order valence-electron chi connectivity index (χ4n) is 1.76. The van der Waals surface area contributed by atoms with Crippen molar-refractivity contribution in [2.45, 2.75) is 32.7 Å². The van der Waals surface area contributed by atoms with Gasteiger partial charge in [-0.15, -0.1) is 0 Å². The summed E-state index contributed by atoms with van der Waals surface area (Å²) < 4.78 is 0. The molecule has 0 aliphatic rings. The van der Waals surface area contributed by atoms with Gasteiger partial charge in [0.25, 0.3) is 0 Å². The number of carbonyl (C=O) groups is 1. The second-order valence-electron chi connectivity index (χ2n) is 4.22. The molecule has 1 amide bonds. The van der Waals surface area contributed by atoms with Crippen molar-refractivity contribution >= 4 is 17.5 Å². The van der Waals surface area contributed by atoms with E-state index in [9.17, 15) is 4.79 Å². The predicted molar refractivity (Wildman–Crippen MR) is 72.0 cm³/mol. The molecular formula is C14H17ClN2O. The quantitative estimate of drug-likeness (QED) is 0.885. The highest BCUT2D eigenvalue weighted by Gasteiger charge is 2.19. The van der Waals surface area contributed by atoms with Crippen LogP contribution in [-0.4, -0.2) is 5.91 Å². The van der Waals surface area contributed by atoms with Gasteiger partial charge in [0.15, 0.2) is 0 Å². The number of carbonyl (C=O) groups excluding carboxylic acids is 1. The van der Waals surface area contributed by atoms with Crippen molar-refractivity contribution in [3.05, 3.63) is 34.9 Å². The van der Waals surface area contributed by atoms with Crippen LogP contribution in [0.25, 0.3) is 0 Å². The van der Waals surface area contributed by atoms with E-state index >= 15 is 0 Å². The number of rotatable bonds is 5. The van der Waals surface area contributed by atoms with Crippen molar-refractivity contribution in [2.75, 3.05) is 0 Å². The first-order valence-electron chi connectivity index (χ1n) is 6.04. The molecule has 2 unspecified atom stereocenters. The second kappa shape index (κ2) is 7.03. The Balaban J connectivity index is 2.71. The molecule has 0 bridgehead atoms. The molecule has 0 aromatic heterocycles. The van der Waals surface area contributed by atoms with Crippen LogP contribution in [-0.2, 0) is 4.79 Å². The molecule has 0 fully saturated rings. The molecule has 0 radical (unpaired) electrons. The highest BCUT2D eigenvalue weighted by Crippen LogP contribution is 2.22. The lowest BCUT2D eigenvalue weighted by atomic mass is 10.0. The van der Waals surface area contributed by atoms with E-state index in [2.05, 4.69) is 5.32 Å². The lowest BCUT2D eigenvalue weighted by Crippen LogP contribution is -2.32. The Hall–Kier alpha value is -1.53. The monoisotopic (exact) mass is 264 g/mol. The van der Waals surface area contributed by atoms with Crippen LogP contribution in [0.4, 0.5) is 0 Å². The summed E-state index contributed by atoms with van der Waals surface area (Å²) in [4.78, 5) is 11.9. The molecule has 1 rings (SSSR count). The molecule has 1 aromatic rings. The molecule has 1 N–H and O–H groups in total. The highest BCUT2D eigenvalue weighted by molar-refractivity contribution is 6.31. The van der Waals surface area contributed by atoms with Crippen LogP contribution >= 0.6 is 11.6 Å². The molecule has 4 heteroatoms. The van der Waals surface area contributed by atoms with Crippen LogP contribution in [0.15, 0.2) is 24.3 Å². The summed E-state index contributed by atoms with van der Waals surface area (Å²) in [5.74, 6) is -0.813. The number of amides is 1. The third-order valence-electron chi connectivity index (χ3n) is 2.78. The van der Waals surface area contributed by atoms with Gasteiger partial charge in [0.05, 0.1) is 12.1 Å². The fraction of sp³-hybridized carbons (Fsp3) is 0.429. The van der Waals surface area contributed by atoms with Gasteiger partial charge in [-0.2, -0.15) is 5.26 Å². The molecule has 0 spiro atoms. The third-order valence-corrected chi connectivity index (χ3v) is 3.12. The Bertz CT molecular complexity index is 453. The normalized spacial score (nSPS) is 13.4. The molecular weight excluding hydrogens is 248 g/mol. The second-order valence-corrected chi connectivity index (χ2v) is 4.63. The average Bonchev–Trinajstić information content (AvgIpc) is 2.36. The summed E-state index contributed by atoms with van der Waals surface area (Å²) in [5, 5.41) is 12.4. The smallest absolute Gasteiger partial charge is 0.237 e. The van der Waals surface area contributed by atoms with Crippen molar-refractivity contribution in [2.24, 2.45) is 5.92 Å². The van der Waals surface area contributed by atoms with E-state index in [1.54, 1.807) is 6.07 Å². The number of halogens is 1. The highest BCUT2D eigenvalue weighted by atomic mass is 35.5. The minimum atomic E-state index is -0.583. The van der Waals surface area contributed by atoms with E-state index in [4.69, 9.17) is 16.9 Å². The maximum Gasteiger partial charge on any atom is 0.237 e. The van der Waals surface area contributed by atoms with Gasteiger partial charge < -0.3 is 5.32 Å². The minimum Gasteiger partial charge on any atom is -0.348 e. The van der Waals surface area contributed by atoms with Crippen LogP contribution in [0.5, 0.6) is 0 Å². The number of hydrogen-bond donors (Lipinski definition) is 1. The van der Waals surface area contributed by atoms with Crippen LogP contribution in [0.2, 0.25) is 5.02 Å². The average molecular weight is 265 g/mol. The fourth-order valence-corrected chi connectivity index (χ4v) is 2.06. The summed E-state index contributed by atoms with van der Waals surface area (Å²) in [6.45, 7) is 3.81. The zero-order valence-corrected chi connectivity index (χ0v) is 11.4. The van der Waals surface area contributed by atoms with E-state index in [0.29, 0.717) is 11.4 Å². The van der Waals surface area contributed by atoms with Crippen molar-refractivity contribution < 1.29 is 4.79 Å². The van der Waals surface area contributed by atoms with Crippen molar-refractivity contribution in [3.8, 4) is 6.07 Å². The molecule has 0 aliphatic carbocycles. The summed E-state index contributed by atoms with van der Waals surface area (Å²) in [6, 6.07) is 9.20. The van der Waals surface area contributed by atoms with Crippen LogP contribution in [0, 0.1) is 17.2 Å². The Morgan fingerprint density at radius 1 is 1.50 bits per heavy atom. The molecule has 0 heterocycles. The largest absolute Gasteiger partial charge is 0.348 e. The molecule has 0 saturated heterocycles. The summed E-state index contributed by atoms with van der Waals surface area (Å²) >= 11 is 6.06. The summed E-state index contributed by atoms with van der Waals surface area (Å²) in [5.41, 5.74) is 0.862. The molecule has 0 aliphatic heterocycles. The van der Waals surface area contributed by atoms with E-state index in [1.165, 1.54) is 0 Å². The van der Waals surface area contributed by atoms with E-state index in [0.717, 1.165) is 12.0 Å².